The van der Waals surface area contributed by atoms with Crippen LogP contribution in [0.5, 0.6) is 0 Å². The summed E-state index contributed by atoms with van der Waals surface area (Å²) in [6.07, 6.45) is 5.84. The number of hydrogen-bond donors (Lipinski definition) is 1. The molecule has 3 aromatic rings. The first-order chi connectivity index (χ1) is 11.7. The number of aryl methyl sites for hydroxylation is 1. The maximum absolute atomic E-state index is 5.53. The molecule has 0 aliphatic carbocycles. The highest BCUT2D eigenvalue weighted by Gasteiger charge is 2.20. The highest BCUT2D eigenvalue weighted by molar-refractivity contribution is 5.90. The molecule has 0 saturated carbocycles. The van der Waals surface area contributed by atoms with Crippen LogP contribution < -0.4 is 5.32 Å². The van der Waals surface area contributed by atoms with Crippen LogP contribution in [0.2, 0.25) is 0 Å². The Hall–Kier alpha value is -2.47. The highest BCUT2D eigenvalue weighted by Crippen LogP contribution is 2.31. The van der Waals surface area contributed by atoms with E-state index in [1.54, 1.807) is 6.20 Å². The molecule has 0 spiro atoms. The summed E-state index contributed by atoms with van der Waals surface area (Å²) in [5.41, 5.74) is 5.20. The summed E-state index contributed by atoms with van der Waals surface area (Å²) < 4.78 is 5.53. The van der Waals surface area contributed by atoms with Crippen LogP contribution in [0.25, 0.3) is 22.4 Å². The molecule has 0 bridgehead atoms. The van der Waals surface area contributed by atoms with Crippen molar-refractivity contribution in [3.05, 3.63) is 36.3 Å². The van der Waals surface area contributed by atoms with E-state index in [0.29, 0.717) is 6.04 Å². The zero-order valence-corrected chi connectivity index (χ0v) is 14.0. The zero-order chi connectivity index (χ0) is 16.5. The predicted octanol–water partition coefficient (Wildman–Crippen LogP) is 3.10. The van der Waals surface area contributed by atoms with Crippen LogP contribution in [0, 0.1) is 6.92 Å². The molecule has 0 radical (unpaired) electrons. The molecular weight excluding hydrogens is 302 g/mol. The van der Waals surface area contributed by atoms with Gasteiger partial charge in [0, 0.05) is 24.0 Å². The van der Waals surface area contributed by atoms with E-state index in [4.69, 9.17) is 9.51 Å². The summed E-state index contributed by atoms with van der Waals surface area (Å²) in [6, 6.07) is 6.43. The number of likely N-dealkylation sites (tertiary alicyclic amines) is 1. The third-order valence-corrected chi connectivity index (χ3v) is 4.63. The summed E-state index contributed by atoms with van der Waals surface area (Å²) in [6.45, 7) is 4.14. The van der Waals surface area contributed by atoms with E-state index in [-0.39, 0.29) is 0 Å². The fourth-order valence-electron chi connectivity index (χ4n) is 3.17. The molecule has 1 fully saturated rings. The topological polar surface area (TPSA) is 67.1 Å². The number of piperidine rings is 1. The van der Waals surface area contributed by atoms with Crippen LogP contribution in [0.1, 0.15) is 18.5 Å². The first-order valence-corrected chi connectivity index (χ1v) is 8.33. The Morgan fingerprint density at radius 3 is 2.88 bits per heavy atom. The molecule has 0 aromatic carbocycles. The second kappa shape index (κ2) is 6.20. The van der Waals surface area contributed by atoms with Crippen LogP contribution >= 0.6 is 0 Å². The van der Waals surface area contributed by atoms with Gasteiger partial charge in [-0.25, -0.2) is 4.98 Å². The van der Waals surface area contributed by atoms with E-state index < -0.39 is 0 Å². The van der Waals surface area contributed by atoms with Gasteiger partial charge < -0.3 is 14.7 Å². The van der Waals surface area contributed by atoms with Gasteiger partial charge in [-0.15, -0.1) is 0 Å². The lowest BCUT2D eigenvalue weighted by molar-refractivity contribution is 0.264. The lowest BCUT2D eigenvalue weighted by Gasteiger charge is -2.30. The van der Waals surface area contributed by atoms with Crippen molar-refractivity contribution in [3.8, 4) is 11.3 Å². The van der Waals surface area contributed by atoms with Gasteiger partial charge in [-0.2, -0.15) is 0 Å². The van der Waals surface area contributed by atoms with Crippen molar-refractivity contribution < 1.29 is 4.52 Å². The monoisotopic (exact) mass is 323 g/mol. The molecule has 6 heteroatoms. The zero-order valence-electron chi connectivity index (χ0n) is 14.0. The maximum atomic E-state index is 5.53. The van der Waals surface area contributed by atoms with Crippen molar-refractivity contribution in [1.82, 2.24) is 20.0 Å². The molecule has 0 amide bonds. The van der Waals surface area contributed by atoms with Gasteiger partial charge in [0.25, 0.3) is 0 Å². The second-order valence-electron chi connectivity index (χ2n) is 6.46. The average Bonchev–Trinajstić information content (AvgIpc) is 2.99. The second-order valence-corrected chi connectivity index (χ2v) is 6.46. The van der Waals surface area contributed by atoms with Crippen LogP contribution in [0.4, 0.5) is 5.69 Å². The largest absolute Gasteiger partial charge is 0.379 e. The van der Waals surface area contributed by atoms with Gasteiger partial charge in [0.05, 0.1) is 11.4 Å². The summed E-state index contributed by atoms with van der Waals surface area (Å²) >= 11 is 0. The van der Waals surface area contributed by atoms with Crippen LogP contribution in [0.3, 0.4) is 0 Å². The molecule has 3 aromatic heterocycles. The molecule has 6 nitrogen and oxygen atoms in total. The van der Waals surface area contributed by atoms with E-state index in [0.717, 1.165) is 59.7 Å². The molecule has 1 N–H and O–H groups in total. The summed E-state index contributed by atoms with van der Waals surface area (Å²) in [5.74, 6) is 0. The Bertz CT molecular complexity index is 837. The third kappa shape index (κ3) is 2.85. The van der Waals surface area contributed by atoms with Crippen molar-refractivity contribution in [2.45, 2.75) is 25.8 Å². The molecule has 4 heterocycles. The van der Waals surface area contributed by atoms with E-state index in [2.05, 4.69) is 27.4 Å². The SMILES string of the molecule is Cc1noc2c(NC3CCN(C)CC3)cc(-c3cccnc3)nc12. The fourth-order valence-corrected chi connectivity index (χ4v) is 3.17. The highest BCUT2D eigenvalue weighted by atomic mass is 16.5. The Morgan fingerprint density at radius 1 is 1.29 bits per heavy atom. The lowest BCUT2D eigenvalue weighted by Crippen LogP contribution is -2.36. The number of nitrogens with one attached hydrogen (secondary N) is 1. The number of pyridine rings is 2. The first kappa shape index (κ1) is 15.1. The number of aromatic nitrogens is 3. The van der Waals surface area contributed by atoms with E-state index >= 15 is 0 Å². The van der Waals surface area contributed by atoms with E-state index in [1.165, 1.54) is 0 Å². The van der Waals surface area contributed by atoms with Crippen molar-refractivity contribution >= 4 is 16.8 Å². The number of anilines is 1. The fraction of sp³-hybridized carbons (Fsp3) is 0.389. The minimum absolute atomic E-state index is 0.443. The first-order valence-electron chi connectivity index (χ1n) is 8.33. The summed E-state index contributed by atoms with van der Waals surface area (Å²) in [5, 5.41) is 7.74. The Morgan fingerprint density at radius 2 is 2.12 bits per heavy atom. The van der Waals surface area contributed by atoms with E-state index in [1.807, 2.05) is 31.3 Å². The standard InChI is InChI=1S/C18H21N5O/c1-12-17-18(24-22-12)16(20-14-5-8-23(2)9-6-14)10-15(21-17)13-4-3-7-19-11-13/h3-4,7,10-11,14H,5-6,8-9H2,1-2H3,(H,20,21). The molecule has 0 atom stereocenters. The summed E-state index contributed by atoms with van der Waals surface area (Å²) in [4.78, 5) is 11.3. The average molecular weight is 323 g/mol. The number of rotatable bonds is 3. The third-order valence-electron chi connectivity index (χ3n) is 4.63. The molecule has 124 valence electrons. The smallest absolute Gasteiger partial charge is 0.208 e. The van der Waals surface area contributed by atoms with Crippen molar-refractivity contribution in [2.75, 3.05) is 25.5 Å². The number of nitrogens with zero attached hydrogens (tertiary/aromatic N) is 4. The molecule has 0 unspecified atom stereocenters. The summed E-state index contributed by atoms with van der Waals surface area (Å²) in [7, 11) is 2.17. The normalized spacial score (nSPS) is 16.6. The van der Waals surface area contributed by atoms with Crippen LogP contribution in [-0.2, 0) is 0 Å². The van der Waals surface area contributed by atoms with Gasteiger partial charge in [-0.1, -0.05) is 5.16 Å². The maximum Gasteiger partial charge on any atom is 0.208 e. The van der Waals surface area contributed by atoms with Crippen LogP contribution in [0.15, 0.2) is 35.1 Å². The van der Waals surface area contributed by atoms with Crippen molar-refractivity contribution in [3.63, 3.8) is 0 Å². The molecular formula is C18H21N5O. The van der Waals surface area contributed by atoms with Crippen molar-refractivity contribution in [2.24, 2.45) is 0 Å². The molecule has 24 heavy (non-hydrogen) atoms. The molecule has 1 aliphatic rings. The minimum atomic E-state index is 0.443. The molecule has 1 saturated heterocycles. The van der Waals surface area contributed by atoms with E-state index in [9.17, 15) is 0 Å². The van der Waals surface area contributed by atoms with Crippen LogP contribution in [-0.4, -0.2) is 46.2 Å². The predicted molar refractivity (Wildman–Crippen MR) is 93.9 cm³/mol. The molecule has 4 rings (SSSR count). The Kier molecular flexibility index (Phi) is 3.90. The number of hydrogen-bond acceptors (Lipinski definition) is 6. The van der Waals surface area contributed by atoms with Gasteiger partial charge in [0.2, 0.25) is 5.58 Å². The van der Waals surface area contributed by atoms with Gasteiger partial charge in [0.15, 0.2) is 0 Å². The quantitative estimate of drug-likeness (QED) is 0.799. The molecule has 1 aliphatic heterocycles. The number of fused-ring (bicyclic) bond motifs is 1. The van der Waals surface area contributed by atoms with Gasteiger partial charge >= 0.3 is 0 Å². The lowest BCUT2D eigenvalue weighted by atomic mass is 10.0. The Balaban J connectivity index is 1.73. The van der Waals surface area contributed by atoms with Gasteiger partial charge in [0.1, 0.15) is 11.2 Å². The van der Waals surface area contributed by atoms with Gasteiger partial charge in [-0.05, 0) is 58.1 Å². The van der Waals surface area contributed by atoms with Crippen molar-refractivity contribution in [1.29, 1.82) is 0 Å². The minimum Gasteiger partial charge on any atom is -0.379 e. The van der Waals surface area contributed by atoms with Gasteiger partial charge in [-0.3, -0.25) is 4.98 Å². The Labute approximate surface area is 140 Å².